The normalized spacial score (nSPS) is 12.7. The number of nitrogens with zero attached hydrogens (tertiary/aromatic N) is 3. The Balaban J connectivity index is 1.72. The van der Waals surface area contributed by atoms with Crippen LogP contribution < -0.4 is 5.19 Å². The van der Waals surface area contributed by atoms with Crippen LogP contribution in [0.25, 0.3) is 44.8 Å². The molecule has 0 radical (unpaired) electrons. The monoisotopic (exact) mass is 575 g/mol. The second kappa shape index (κ2) is 10.2. The van der Waals surface area contributed by atoms with Gasteiger partial charge in [0.25, 0.3) is 0 Å². The van der Waals surface area contributed by atoms with Crippen molar-refractivity contribution >= 4 is 24.3 Å². The van der Waals surface area contributed by atoms with E-state index in [2.05, 4.69) is 133 Å². The lowest BCUT2D eigenvalue weighted by molar-refractivity contribution is 0.446. The Morgan fingerprint density at radius 1 is 0.786 bits per heavy atom. The Labute approximate surface area is 252 Å². The van der Waals surface area contributed by atoms with Crippen molar-refractivity contribution in [1.82, 2.24) is 14.5 Å². The van der Waals surface area contributed by atoms with Crippen molar-refractivity contribution in [3.63, 3.8) is 0 Å². The van der Waals surface area contributed by atoms with Gasteiger partial charge in [0, 0.05) is 29.9 Å². The zero-order valence-corrected chi connectivity index (χ0v) is 28.1. The second-order valence-electron chi connectivity index (χ2n) is 14.9. The van der Waals surface area contributed by atoms with Crippen molar-refractivity contribution in [3.05, 3.63) is 83.6 Å². The second-order valence-corrected chi connectivity index (χ2v) is 19.9. The van der Waals surface area contributed by atoms with Crippen LogP contribution in [0.3, 0.4) is 0 Å². The molecule has 1 N–H and O–H groups in total. The van der Waals surface area contributed by atoms with Crippen LogP contribution in [0, 0.1) is 6.92 Å². The number of para-hydroxylation sites is 1. The molecule has 0 bridgehead atoms. The lowest BCUT2D eigenvalue weighted by Crippen LogP contribution is -2.37. The number of hydrogen-bond donors (Lipinski definition) is 1. The SMILES string of the molecule is Cc1cc(-c2cc([Si](C)(C)C)ccn2)cc(-c2cccc3c2nc(-c2cc(C(C)(C)C)cc(C(C)(C)C)c2O)n3C)c1. The van der Waals surface area contributed by atoms with Crippen LogP contribution in [0.1, 0.15) is 58.2 Å². The molecule has 0 aliphatic heterocycles. The van der Waals surface area contributed by atoms with E-state index in [0.29, 0.717) is 5.75 Å². The fraction of sp³-hybridized carbons (Fsp3) is 0.351. The first-order chi connectivity index (χ1) is 19.4. The highest BCUT2D eigenvalue weighted by molar-refractivity contribution is 6.88. The van der Waals surface area contributed by atoms with E-state index in [1.54, 1.807) is 0 Å². The number of rotatable bonds is 4. The largest absolute Gasteiger partial charge is 0.507 e. The zero-order chi connectivity index (χ0) is 30.8. The maximum absolute atomic E-state index is 11.6. The Morgan fingerprint density at radius 2 is 1.48 bits per heavy atom. The number of phenols is 1. The summed E-state index contributed by atoms with van der Waals surface area (Å²) in [6.45, 7) is 22.3. The van der Waals surface area contributed by atoms with Gasteiger partial charge in [-0.3, -0.25) is 4.98 Å². The Hall–Kier alpha value is -3.70. The lowest BCUT2D eigenvalue weighted by Gasteiger charge is -2.27. The van der Waals surface area contributed by atoms with E-state index >= 15 is 0 Å². The van der Waals surface area contributed by atoms with Gasteiger partial charge in [0.2, 0.25) is 0 Å². The van der Waals surface area contributed by atoms with Gasteiger partial charge in [0.05, 0.1) is 30.4 Å². The summed E-state index contributed by atoms with van der Waals surface area (Å²) >= 11 is 0. The van der Waals surface area contributed by atoms with Crippen molar-refractivity contribution in [1.29, 1.82) is 0 Å². The molecule has 0 spiro atoms. The molecule has 4 nitrogen and oxygen atoms in total. The van der Waals surface area contributed by atoms with Crippen LogP contribution >= 0.6 is 0 Å². The third-order valence-electron chi connectivity index (χ3n) is 8.25. The molecule has 5 aromatic rings. The third-order valence-corrected chi connectivity index (χ3v) is 10.3. The van der Waals surface area contributed by atoms with Gasteiger partial charge in [-0.25, -0.2) is 4.98 Å². The summed E-state index contributed by atoms with van der Waals surface area (Å²) in [5.41, 5.74) is 10.1. The predicted molar refractivity (Wildman–Crippen MR) is 182 cm³/mol. The topological polar surface area (TPSA) is 50.9 Å². The number of fused-ring (bicyclic) bond motifs is 1. The molecule has 0 aliphatic rings. The van der Waals surface area contributed by atoms with Gasteiger partial charge in [0.1, 0.15) is 11.6 Å². The van der Waals surface area contributed by atoms with Crippen LogP contribution in [-0.4, -0.2) is 27.7 Å². The number of hydrogen-bond acceptors (Lipinski definition) is 3. The molecule has 2 aromatic heterocycles. The summed E-state index contributed by atoms with van der Waals surface area (Å²) in [6.07, 6.45) is 1.95. The molecule has 2 heterocycles. The highest BCUT2D eigenvalue weighted by atomic mass is 28.3. The number of aryl methyl sites for hydroxylation is 2. The molecule has 0 saturated heterocycles. The van der Waals surface area contributed by atoms with Gasteiger partial charge in [-0.2, -0.15) is 0 Å². The molecule has 5 rings (SSSR count). The minimum absolute atomic E-state index is 0.0724. The first kappa shape index (κ1) is 29.8. The summed E-state index contributed by atoms with van der Waals surface area (Å²) in [4.78, 5) is 10.00. The number of aromatic nitrogens is 3. The Bertz CT molecular complexity index is 1810. The molecule has 3 aromatic carbocycles. The minimum atomic E-state index is -1.47. The van der Waals surface area contributed by atoms with Crippen LogP contribution in [0.5, 0.6) is 5.75 Å². The standard InChI is InChI=1S/C37H45N3OSi/c1-23-17-24(19-25(18-23)31-22-27(15-16-38-31)42(9,10)11)28-13-12-14-32-33(28)39-35(40(32)8)29-20-26(36(2,3)4)21-30(34(29)41)37(5,6)7/h12-22,41H,1-11H3. The van der Waals surface area contributed by atoms with Gasteiger partial charge in [-0.15, -0.1) is 0 Å². The maximum atomic E-state index is 11.6. The summed E-state index contributed by atoms with van der Waals surface area (Å²) in [5, 5.41) is 13.0. The van der Waals surface area contributed by atoms with E-state index in [1.807, 2.05) is 13.2 Å². The van der Waals surface area contributed by atoms with E-state index in [4.69, 9.17) is 9.97 Å². The van der Waals surface area contributed by atoms with E-state index < -0.39 is 8.07 Å². The quantitative estimate of drug-likeness (QED) is 0.217. The van der Waals surface area contributed by atoms with E-state index in [1.165, 1.54) is 16.3 Å². The number of benzene rings is 3. The van der Waals surface area contributed by atoms with Gasteiger partial charge < -0.3 is 9.67 Å². The summed E-state index contributed by atoms with van der Waals surface area (Å²) in [7, 11) is 0.573. The molecular weight excluding hydrogens is 531 g/mol. The van der Waals surface area contributed by atoms with Gasteiger partial charge >= 0.3 is 0 Å². The molecule has 0 amide bonds. The van der Waals surface area contributed by atoms with Crippen LogP contribution in [-0.2, 0) is 17.9 Å². The highest BCUT2D eigenvalue weighted by Gasteiger charge is 2.27. The Morgan fingerprint density at radius 3 is 2.12 bits per heavy atom. The van der Waals surface area contributed by atoms with Crippen molar-refractivity contribution in [2.24, 2.45) is 7.05 Å². The van der Waals surface area contributed by atoms with Crippen LogP contribution in [0.2, 0.25) is 19.6 Å². The average molecular weight is 576 g/mol. The number of aromatic hydroxyl groups is 1. The number of imidazole rings is 1. The molecule has 0 saturated carbocycles. The molecule has 42 heavy (non-hydrogen) atoms. The van der Waals surface area contributed by atoms with Gasteiger partial charge in [0.15, 0.2) is 0 Å². The van der Waals surface area contributed by atoms with Crippen LogP contribution in [0.15, 0.2) is 66.9 Å². The molecule has 0 fully saturated rings. The fourth-order valence-corrected chi connectivity index (χ4v) is 6.78. The Kier molecular flexibility index (Phi) is 7.25. The number of pyridine rings is 1. The predicted octanol–water partition coefficient (Wildman–Crippen LogP) is 9.12. The molecule has 0 atom stereocenters. The first-order valence-corrected chi connectivity index (χ1v) is 18.4. The van der Waals surface area contributed by atoms with Crippen molar-refractivity contribution in [3.8, 4) is 39.5 Å². The minimum Gasteiger partial charge on any atom is -0.507 e. The molecule has 0 unspecified atom stereocenters. The van der Waals surface area contributed by atoms with E-state index in [9.17, 15) is 5.11 Å². The van der Waals surface area contributed by atoms with Gasteiger partial charge in [-0.1, -0.05) is 90.6 Å². The maximum Gasteiger partial charge on any atom is 0.144 e. The average Bonchev–Trinajstić information content (AvgIpc) is 3.23. The van der Waals surface area contributed by atoms with E-state index in [-0.39, 0.29) is 10.8 Å². The summed E-state index contributed by atoms with van der Waals surface area (Å²) in [5.74, 6) is 1.07. The van der Waals surface area contributed by atoms with E-state index in [0.717, 1.165) is 50.4 Å². The van der Waals surface area contributed by atoms with Crippen LogP contribution in [0.4, 0.5) is 0 Å². The lowest BCUT2D eigenvalue weighted by atomic mass is 9.79. The van der Waals surface area contributed by atoms with Crippen molar-refractivity contribution < 1.29 is 5.11 Å². The summed E-state index contributed by atoms with van der Waals surface area (Å²) < 4.78 is 2.11. The molecule has 5 heteroatoms. The summed E-state index contributed by atoms with van der Waals surface area (Å²) in [6, 6.07) is 21.7. The molecule has 0 aliphatic carbocycles. The zero-order valence-electron chi connectivity index (χ0n) is 27.1. The fourth-order valence-electron chi connectivity index (χ4n) is 5.64. The van der Waals surface area contributed by atoms with Crippen molar-refractivity contribution in [2.75, 3.05) is 0 Å². The highest BCUT2D eigenvalue weighted by Crippen LogP contribution is 2.43. The third kappa shape index (κ3) is 5.55. The smallest absolute Gasteiger partial charge is 0.144 e. The van der Waals surface area contributed by atoms with Gasteiger partial charge in [-0.05, 0) is 70.8 Å². The number of phenolic OH excluding ortho intramolecular Hbond substituents is 1. The molecule has 218 valence electrons. The van der Waals surface area contributed by atoms with Crippen molar-refractivity contribution in [2.45, 2.75) is 78.9 Å². The first-order valence-electron chi connectivity index (χ1n) is 14.9. The molecular formula is C37H45N3OSi.